The molecule has 0 aliphatic heterocycles. The molecule has 0 amide bonds. The van der Waals surface area contributed by atoms with Gasteiger partial charge in [0.15, 0.2) is 0 Å². The van der Waals surface area contributed by atoms with Crippen molar-refractivity contribution >= 4 is 11.4 Å². The summed E-state index contributed by atoms with van der Waals surface area (Å²) in [5.74, 6) is 0.963. The zero-order chi connectivity index (χ0) is 15.4. The fourth-order valence-corrected chi connectivity index (χ4v) is 2.56. The molecule has 0 bridgehead atoms. The molecule has 0 spiro atoms. The van der Waals surface area contributed by atoms with Crippen molar-refractivity contribution in [1.29, 1.82) is 0 Å². The molecular weight excluding hydrogens is 254 g/mol. The lowest BCUT2D eigenvalue weighted by atomic mass is 9.92. The monoisotopic (exact) mass is 279 g/mol. The largest absolute Gasteiger partial charge is 0.355 e. The van der Waals surface area contributed by atoms with Crippen LogP contribution in [0.25, 0.3) is 5.70 Å². The minimum absolute atomic E-state index is 0.481. The van der Waals surface area contributed by atoms with Gasteiger partial charge in [0.05, 0.1) is 0 Å². The highest BCUT2D eigenvalue weighted by Gasteiger charge is 2.14. The first-order valence-corrected chi connectivity index (χ1v) is 7.65. The Morgan fingerprint density at radius 2 is 1.33 bits per heavy atom. The van der Waals surface area contributed by atoms with Gasteiger partial charge in [0.2, 0.25) is 0 Å². The molecule has 2 aromatic rings. The van der Waals surface area contributed by atoms with Crippen LogP contribution in [0.3, 0.4) is 0 Å². The molecule has 0 saturated heterocycles. The fraction of sp³-hybridized carbons (Fsp3) is 0.300. The molecular formula is C20H25N. The van der Waals surface area contributed by atoms with Gasteiger partial charge in [-0.05, 0) is 28.5 Å². The van der Waals surface area contributed by atoms with Gasteiger partial charge in [0, 0.05) is 11.4 Å². The van der Waals surface area contributed by atoms with Crippen LogP contribution < -0.4 is 5.32 Å². The first-order chi connectivity index (χ1) is 10.0. The number of rotatable bonds is 5. The van der Waals surface area contributed by atoms with Gasteiger partial charge in [-0.1, -0.05) is 82.8 Å². The zero-order valence-electron chi connectivity index (χ0n) is 13.5. The van der Waals surface area contributed by atoms with Crippen molar-refractivity contribution in [2.45, 2.75) is 39.5 Å². The number of nitrogens with one attached hydrogen (secondary N) is 1. The Labute approximate surface area is 128 Å². The highest BCUT2D eigenvalue weighted by molar-refractivity contribution is 5.78. The van der Waals surface area contributed by atoms with E-state index in [-0.39, 0.29) is 0 Å². The normalized spacial score (nSPS) is 11.0. The van der Waals surface area contributed by atoms with E-state index in [1.807, 2.05) is 18.2 Å². The maximum atomic E-state index is 4.21. The third-order valence-electron chi connectivity index (χ3n) is 3.77. The molecule has 2 aromatic carbocycles. The maximum Gasteiger partial charge on any atom is 0.0454 e. The van der Waals surface area contributed by atoms with Gasteiger partial charge < -0.3 is 5.32 Å². The highest BCUT2D eigenvalue weighted by Crippen LogP contribution is 2.34. The minimum Gasteiger partial charge on any atom is -0.355 e. The molecule has 0 fully saturated rings. The molecule has 1 heteroatoms. The first kappa shape index (κ1) is 15.4. The summed E-state index contributed by atoms with van der Waals surface area (Å²) < 4.78 is 0. The number of benzene rings is 2. The lowest BCUT2D eigenvalue weighted by Crippen LogP contribution is -2.06. The third-order valence-corrected chi connectivity index (χ3v) is 3.77. The van der Waals surface area contributed by atoms with Crippen LogP contribution in [-0.2, 0) is 0 Å². The fourth-order valence-electron chi connectivity index (χ4n) is 2.56. The van der Waals surface area contributed by atoms with Gasteiger partial charge in [0.25, 0.3) is 0 Å². The third kappa shape index (κ3) is 3.55. The summed E-state index contributed by atoms with van der Waals surface area (Å²) in [5, 5.41) is 3.56. The van der Waals surface area contributed by atoms with Gasteiger partial charge in [-0.3, -0.25) is 0 Å². The Bertz CT molecular complexity index is 583. The highest BCUT2D eigenvalue weighted by atomic mass is 14.9. The Hall–Kier alpha value is -2.02. The topological polar surface area (TPSA) is 12.0 Å². The van der Waals surface area contributed by atoms with Crippen LogP contribution >= 0.6 is 0 Å². The van der Waals surface area contributed by atoms with E-state index in [1.54, 1.807) is 0 Å². The van der Waals surface area contributed by atoms with Crippen molar-refractivity contribution in [3.05, 3.63) is 71.8 Å². The van der Waals surface area contributed by atoms with E-state index in [0.717, 1.165) is 11.3 Å². The lowest BCUT2D eigenvalue weighted by molar-refractivity contribution is 0.838. The van der Waals surface area contributed by atoms with E-state index < -0.39 is 0 Å². The SMILES string of the molecule is C=C(Nc1c(C(C)C)cccc1C(C)C)c1ccccc1. The number of para-hydroxylation sites is 1. The molecule has 1 N–H and O–H groups in total. The second-order valence-corrected chi connectivity index (χ2v) is 6.09. The number of anilines is 1. The van der Waals surface area contributed by atoms with Crippen LogP contribution in [0, 0.1) is 0 Å². The quantitative estimate of drug-likeness (QED) is 0.706. The van der Waals surface area contributed by atoms with Crippen LogP contribution in [0.5, 0.6) is 0 Å². The molecule has 2 rings (SSSR count). The average Bonchev–Trinajstić information content (AvgIpc) is 2.47. The molecule has 0 aromatic heterocycles. The van der Waals surface area contributed by atoms with Crippen LogP contribution in [-0.4, -0.2) is 0 Å². The summed E-state index contributed by atoms with van der Waals surface area (Å²) >= 11 is 0. The first-order valence-electron chi connectivity index (χ1n) is 7.65. The van der Waals surface area contributed by atoms with Gasteiger partial charge in [-0.2, -0.15) is 0 Å². The van der Waals surface area contributed by atoms with E-state index in [1.165, 1.54) is 16.8 Å². The molecule has 0 saturated carbocycles. The van der Waals surface area contributed by atoms with Crippen molar-refractivity contribution in [3.63, 3.8) is 0 Å². The molecule has 0 radical (unpaired) electrons. The second-order valence-electron chi connectivity index (χ2n) is 6.09. The van der Waals surface area contributed by atoms with Gasteiger partial charge in [-0.25, -0.2) is 0 Å². The second kappa shape index (κ2) is 6.62. The smallest absolute Gasteiger partial charge is 0.0454 e. The summed E-state index contributed by atoms with van der Waals surface area (Å²) in [6.07, 6.45) is 0. The van der Waals surface area contributed by atoms with Crippen molar-refractivity contribution in [1.82, 2.24) is 0 Å². The molecule has 1 nitrogen and oxygen atoms in total. The summed E-state index contributed by atoms with van der Waals surface area (Å²) in [5.41, 5.74) is 5.99. The molecule has 0 heterocycles. The van der Waals surface area contributed by atoms with E-state index in [0.29, 0.717) is 11.8 Å². The van der Waals surface area contributed by atoms with Gasteiger partial charge in [0.1, 0.15) is 0 Å². The van der Waals surface area contributed by atoms with Gasteiger partial charge in [-0.15, -0.1) is 0 Å². The van der Waals surface area contributed by atoms with Gasteiger partial charge >= 0.3 is 0 Å². The van der Waals surface area contributed by atoms with Crippen molar-refractivity contribution in [2.24, 2.45) is 0 Å². The molecule has 21 heavy (non-hydrogen) atoms. The Morgan fingerprint density at radius 1 is 0.810 bits per heavy atom. The summed E-state index contributed by atoms with van der Waals surface area (Å²) in [6.45, 7) is 13.1. The molecule has 110 valence electrons. The van der Waals surface area contributed by atoms with Crippen molar-refractivity contribution < 1.29 is 0 Å². The zero-order valence-corrected chi connectivity index (χ0v) is 13.5. The van der Waals surface area contributed by atoms with E-state index in [9.17, 15) is 0 Å². The van der Waals surface area contributed by atoms with Crippen LogP contribution in [0.15, 0.2) is 55.1 Å². The van der Waals surface area contributed by atoms with Crippen molar-refractivity contribution in [3.8, 4) is 0 Å². The van der Waals surface area contributed by atoms with E-state index in [2.05, 4.69) is 69.9 Å². The Kier molecular flexibility index (Phi) is 4.85. The van der Waals surface area contributed by atoms with E-state index in [4.69, 9.17) is 0 Å². The van der Waals surface area contributed by atoms with Crippen LogP contribution in [0.4, 0.5) is 5.69 Å². The molecule has 0 atom stereocenters. The molecule has 0 unspecified atom stereocenters. The van der Waals surface area contributed by atoms with Crippen LogP contribution in [0.1, 0.15) is 56.2 Å². The van der Waals surface area contributed by atoms with Crippen LogP contribution in [0.2, 0.25) is 0 Å². The predicted molar refractivity (Wildman–Crippen MR) is 93.7 cm³/mol. The Morgan fingerprint density at radius 3 is 1.81 bits per heavy atom. The number of hydrogen-bond acceptors (Lipinski definition) is 1. The summed E-state index contributed by atoms with van der Waals surface area (Å²) in [4.78, 5) is 0. The van der Waals surface area contributed by atoms with Crippen molar-refractivity contribution in [2.75, 3.05) is 5.32 Å². The summed E-state index contributed by atoms with van der Waals surface area (Å²) in [6, 6.07) is 16.8. The summed E-state index contributed by atoms with van der Waals surface area (Å²) in [7, 11) is 0. The number of hydrogen-bond donors (Lipinski definition) is 1. The van der Waals surface area contributed by atoms with E-state index >= 15 is 0 Å². The predicted octanol–water partition coefficient (Wildman–Crippen LogP) is 6.02. The standard InChI is InChI=1S/C20H25N/c1-14(2)18-12-9-13-19(15(3)4)20(18)21-16(5)17-10-7-6-8-11-17/h6-15,21H,5H2,1-4H3. The Balaban J connectivity index is 2.40. The minimum atomic E-state index is 0.481. The average molecular weight is 279 g/mol. The maximum absolute atomic E-state index is 4.21. The molecule has 0 aliphatic carbocycles. The molecule has 0 aliphatic rings. The lowest BCUT2D eigenvalue weighted by Gasteiger charge is -2.22.